The molecule has 0 atom stereocenters. The molecule has 39 heavy (non-hydrogen) atoms. The van der Waals surface area contributed by atoms with Gasteiger partial charge in [-0.3, -0.25) is 10.2 Å². The number of hydrogen-bond acceptors (Lipinski definition) is 5. The maximum atomic E-state index is 13.1. The number of hydrogen-bond donors (Lipinski definition) is 1. The van der Waals surface area contributed by atoms with E-state index in [4.69, 9.17) is 15.2 Å². The van der Waals surface area contributed by atoms with E-state index >= 15 is 0 Å². The van der Waals surface area contributed by atoms with Crippen LogP contribution in [0.2, 0.25) is 0 Å². The Labute approximate surface area is 233 Å². The van der Waals surface area contributed by atoms with Gasteiger partial charge in [-0.25, -0.2) is 0 Å². The van der Waals surface area contributed by atoms with Gasteiger partial charge in [0.2, 0.25) is 5.17 Å². The molecule has 200 valence electrons. The quantitative estimate of drug-likeness (QED) is 0.335. The largest absolute Gasteiger partial charge is 0.492 e. The van der Waals surface area contributed by atoms with E-state index in [0.717, 1.165) is 46.5 Å². The monoisotopic (exact) mass is 539 g/mol. The Kier molecular flexibility index (Phi) is 7.12. The number of thioether (sulfide) groups is 1. The lowest BCUT2D eigenvalue weighted by Crippen LogP contribution is -2.35. The van der Waals surface area contributed by atoms with Gasteiger partial charge in [-0.05, 0) is 73.4 Å². The third-order valence-corrected chi connectivity index (χ3v) is 8.73. The smallest absolute Gasteiger partial charge is 0.283 e. The summed E-state index contributed by atoms with van der Waals surface area (Å²) in [6, 6.07) is 14.5. The lowest BCUT2D eigenvalue weighted by molar-refractivity contribution is -0.114. The number of hydrazone groups is 1. The number of ether oxygens (including phenoxy) is 1. The molecule has 0 radical (unpaired) electrons. The van der Waals surface area contributed by atoms with Crippen molar-refractivity contribution in [3.05, 3.63) is 70.9 Å². The Morgan fingerprint density at radius 2 is 1.97 bits per heavy atom. The number of aliphatic imine (C=N–C) groups is 1. The van der Waals surface area contributed by atoms with E-state index in [9.17, 15) is 4.79 Å². The summed E-state index contributed by atoms with van der Waals surface area (Å²) in [5, 5.41) is 17.6. The standard InChI is InChI=1S/C31H33N5O2S/c1-3-21-15-20(2)16-24(17-21)38-14-13-35-19-23(25-11-7-8-12-27(25)35)18-26-28(32)36-31(33-29(26)37)39-30(34-36)22-9-5-4-6-10-22/h7-8,11-12,15-19,22,32H,3-6,9-10,13-14H2,1-2H3/b26-18+,32-28?. The molecule has 0 saturated heterocycles. The summed E-state index contributed by atoms with van der Waals surface area (Å²) in [5.41, 5.74) is 4.66. The third-order valence-electron chi connectivity index (χ3n) is 7.66. The zero-order valence-corrected chi connectivity index (χ0v) is 23.3. The highest BCUT2D eigenvalue weighted by Crippen LogP contribution is 2.36. The molecule has 0 spiro atoms. The van der Waals surface area contributed by atoms with Crippen LogP contribution in [-0.2, 0) is 17.8 Å². The van der Waals surface area contributed by atoms with E-state index in [1.54, 1.807) is 11.1 Å². The van der Waals surface area contributed by atoms with Gasteiger partial charge >= 0.3 is 0 Å². The zero-order chi connectivity index (χ0) is 26.9. The molecule has 1 saturated carbocycles. The highest BCUT2D eigenvalue weighted by atomic mass is 32.2. The van der Waals surface area contributed by atoms with Crippen molar-refractivity contribution in [2.45, 2.75) is 58.9 Å². The molecule has 1 aromatic heterocycles. The van der Waals surface area contributed by atoms with Crippen LogP contribution in [-0.4, -0.2) is 38.1 Å². The lowest BCUT2D eigenvalue weighted by Gasteiger charge is -2.20. The van der Waals surface area contributed by atoms with Gasteiger partial charge < -0.3 is 9.30 Å². The number of amidine groups is 2. The van der Waals surface area contributed by atoms with E-state index < -0.39 is 0 Å². The summed E-state index contributed by atoms with van der Waals surface area (Å²) in [5.74, 6) is 0.998. The second kappa shape index (κ2) is 10.8. The Morgan fingerprint density at radius 1 is 1.15 bits per heavy atom. The van der Waals surface area contributed by atoms with Gasteiger partial charge in [0.15, 0.2) is 5.84 Å². The second-order valence-corrected chi connectivity index (χ2v) is 11.4. The minimum Gasteiger partial charge on any atom is -0.492 e. The van der Waals surface area contributed by atoms with Crippen molar-refractivity contribution in [3.63, 3.8) is 0 Å². The Bertz CT molecular complexity index is 1540. The Hall–Kier alpha value is -3.65. The summed E-state index contributed by atoms with van der Waals surface area (Å²) in [7, 11) is 0. The van der Waals surface area contributed by atoms with Crippen molar-refractivity contribution >= 4 is 50.7 Å². The molecule has 2 aliphatic heterocycles. The fourth-order valence-corrected chi connectivity index (χ4v) is 6.69. The van der Waals surface area contributed by atoms with Crippen LogP contribution < -0.4 is 4.74 Å². The molecule has 1 N–H and O–H groups in total. The molecule has 8 heteroatoms. The van der Waals surface area contributed by atoms with E-state index in [1.807, 2.05) is 24.4 Å². The lowest BCUT2D eigenvalue weighted by atomic mass is 9.90. The number of nitrogens with zero attached hydrogens (tertiary/aromatic N) is 4. The SMILES string of the molecule is CCc1cc(C)cc(OCCn2cc(/C=C3\C(=N)N4N=C(C5CCCCC5)SC4=NC3=O)c3ccccc32)c1. The second-order valence-electron chi connectivity index (χ2n) is 10.4. The van der Waals surface area contributed by atoms with E-state index in [0.29, 0.717) is 24.2 Å². The molecule has 2 aromatic carbocycles. The van der Waals surface area contributed by atoms with Crippen molar-refractivity contribution in [1.82, 2.24) is 9.58 Å². The third kappa shape index (κ3) is 5.17. The number of amides is 1. The predicted octanol–water partition coefficient (Wildman–Crippen LogP) is 6.79. The van der Waals surface area contributed by atoms with Gasteiger partial charge in [0.1, 0.15) is 17.4 Å². The van der Waals surface area contributed by atoms with Crippen molar-refractivity contribution in [2.75, 3.05) is 6.61 Å². The van der Waals surface area contributed by atoms with Crippen LogP contribution in [0.3, 0.4) is 0 Å². The van der Waals surface area contributed by atoms with Crippen LogP contribution in [0.1, 0.15) is 55.7 Å². The summed E-state index contributed by atoms with van der Waals surface area (Å²) >= 11 is 1.45. The molecule has 6 rings (SSSR count). The molecule has 7 nitrogen and oxygen atoms in total. The van der Waals surface area contributed by atoms with Gasteiger partial charge in [0.25, 0.3) is 5.91 Å². The van der Waals surface area contributed by atoms with Gasteiger partial charge in [-0.1, -0.05) is 50.5 Å². The molecule has 1 fully saturated rings. The average Bonchev–Trinajstić information content (AvgIpc) is 3.53. The molecule has 3 heterocycles. The highest BCUT2D eigenvalue weighted by Gasteiger charge is 2.38. The van der Waals surface area contributed by atoms with E-state index in [-0.39, 0.29) is 17.3 Å². The number of benzene rings is 2. The number of fused-ring (bicyclic) bond motifs is 2. The first-order valence-electron chi connectivity index (χ1n) is 13.8. The number of aromatic nitrogens is 1. The fraction of sp³-hybridized carbons (Fsp3) is 0.355. The molecular formula is C31H33N5O2S. The Morgan fingerprint density at radius 3 is 2.79 bits per heavy atom. The van der Waals surface area contributed by atoms with Gasteiger partial charge in [-0.15, -0.1) is 0 Å². The number of carbonyl (C=O) groups excluding carboxylic acids is 1. The maximum absolute atomic E-state index is 13.1. The molecule has 1 aliphatic carbocycles. The number of nitrogens with one attached hydrogen (secondary N) is 1. The van der Waals surface area contributed by atoms with Crippen LogP contribution in [0, 0.1) is 18.3 Å². The first kappa shape index (κ1) is 25.6. The molecule has 0 bridgehead atoms. The number of rotatable bonds is 7. The van der Waals surface area contributed by atoms with Crippen LogP contribution in [0.5, 0.6) is 5.75 Å². The molecule has 1 amide bonds. The number of carbonyl (C=O) groups is 1. The summed E-state index contributed by atoms with van der Waals surface area (Å²) in [6.07, 6.45) is 10.7. The minimum atomic E-state index is -0.384. The van der Waals surface area contributed by atoms with Crippen LogP contribution >= 0.6 is 11.8 Å². The first-order valence-corrected chi connectivity index (χ1v) is 14.6. The molecule has 3 aromatic rings. The first-order chi connectivity index (χ1) is 19.0. The topological polar surface area (TPSA) is 83.0 Å². The molecule has 3 aliphatic rings. The summed E-state index contributed by atoms with van der Waals surface area (Å²) in [4.78, 5) is 17.4. The van der Waals surface area contributed by atoms with Crippen molar-refractivity contribution < 1.29 is 9.53 Å². The van der Waals surface area contributed by atoms with Gasteiger partial charge in [0.05, 0.1) is 12.1 Å². The minimum absolute atomic E-state index is 0.0923. The highest BCUT2D eigenvalue weighted by molar-refractivity contribution is 8.27. The molecular weight excluding hydrogens is 506 g/mol. The van der Waals surface area contributed by atoms with Crippen LogP contribution in [0.15, 0.2) is 64.3 Å². The van der Waals surface area contributed by atoms with E-state index in [2.05, 4.69) is 47.7 Å². The Balaban J connectivity index is 1.24. The number of para-hydroxylation sites is 1. The van der Waals surface area contributed by atoms with Crippen LogP contribution in [0.25, 0.3) is 17.0 Å². The normalized spacial score (nSPS) is 19.0. The predicted molar refractivity (Wildman–Crippen MR) is 160 cm³/mol. The van der Waals surface area contributed by atoms with Gasteiger partial charge in [-0.2, -0.15) is 15.1 Å². The van der Waals surface area contributed by atoms with Crippen molar-refractivity contribution in [3.8, 4) is 5.75 Å². The van der Waals surface area contributed by atoms with E-state index in [1.165, 1.54) is 42.2 Å². The maximum Gasteiger partial charge on any atom is 0.283 e. The van der Waals surface area contributed by atoms with Crippen molar-refractivity contribution in [1.29, 1.82) is 5.41 Å². The summed E-state index contributed by atoms with van der Waals surface area (Å²) in [6.45, 7) is 5.41. The van der Waals surface area contributed by atoms with Crippen molar-refractivity contribution in [2.24, 2.45) is 16.0 Å². The van der Waals surface area contributed by atoms with Crippen LogP contribution in [0.4, 0.5) is 0 Å². The average molecular weight is 540 g/mol. The van der Waals surface area contributed by atoms with Gasteiger partial charge in [0, 0.05) is 28.6 Å². The fourth-order valence-electron chi connectivity index (χ4n) is 5.63. The zero-order valence-electron chi connectivity index (χ0n) is 22.4. The summed E-state index contributed by atoms with van der Waals surface area (Å²) < 4.78 is 8.26. The molecule has 0 unspecified atom stereocenters. The number of aryl methyl sites for hydroxylation is 2.